The first-order valence-electron chi connectivity index (χ1n) is 13.4. The Morgan fingerprint density at radius 2 is 2.02 bits per heavy atom. The first-order valence-corrected chi connectivity index (χ1v) is 14.2. The van der Waals surface area contributed by atoms with Gasteiger partial charge in [-0.25, -0.2) is 9.37 Å². The van der Waals surface area contributed by atoms with Crippen LogP contribution in [-0.2, 0) is 16.0 Å². The normalized spacial score (nSPS) is 19.5. The number of pyridine rings is 1. The standard InChI is InChI=1S/C27H33F4N7O3S/c1-36-16-20(6-10-40-12-13-41-11-9-37-15-19(18-39)14-33-37)24(21(28)17-36)34-22-5-3-8-38-25(22)35-23(4-2-7-32)26(38)42-27(29,30)31/h3,5,8,14-15,18,20-21,24,34H,6-7,9-13,16-17,32H2,1H3. The molecule has 0 bridgehead atoms. The molecule has 15 heteroatoms. The molecule has 0 spiro atoms. The molecule has 10 nitrogen and oxygen atoms in total. The van der Waals surface area contributed by atoms with Crippen LogP contribution in [0.15, 0.2) is 35.7 Å². The Hall–Kier alpha value is -3.16. The van der Waals surface area contributed by atoms with Gasteiger partial charge in [-0.1, -0.05) is 5.92 Å². The highest BCUT2D eigenvalue weighted by atomic mass is 32.2. The van der Waals surface area contributed by atoms with Gasteiger partial charge in [0.05, 0.1) is 56.4 Å². The molecule has 3 aromatic rings. The van der Waals surface area contributed by atoms with Crippen molar-refractivity contribution in [2.45, 2.75) is 35.7 Å². The lowest BCUT2D eigenvalue weighted by Gasteiger charge is -2.40. The molecule has 3 atom stereocenters. The third kappa shape index (κ3) is 8.68. The number of rotatable bonds is 13. The van der Waals surface area contributed by atoms with E-state index >= 15 is 4.39 Å². The molecule has 228 valence electrons. The summed E-state index contributed by atoms with van der Waals surface area (Å²) in [5.41, 5.74) is 1.98. The van der Waals surface area contributed by atoms with E-state index in [2.05, 4.69) is 27.2 Å². The second-order valence-corrected chi connectivity index (χ2v) is 10.8. The Kier molecular flexibility index (Phi) is 11.2. The number of likely N-dealkylation sites (tertiary alicyclic amines) is 1. The minimum Gasteiger partial charge on any atom is -0.379 e. The van der Waals surface area contributed by atoms with Gasteiger partial charge in [-0.15, -0.1) is 0 Å². The third-order valence-corrected chi connectivity index (χ3v) is 7.45. The zero-order valence-corrected chi connectivity index (χ0v) is 23.8. The van der Waals surface area contributed by atoms with Crippen molar-refractivity contribution in [3.63, 3.8) is 0 Å². The summed E-state index contributed by atoms with van der Waals surface area (Å²) in [6.07, 6.45) is 4.66. The molecule has 1 aliphatic rings. The van der Waals surface area contributed by atoms with Crippen molar-refractivity contribution < 1.29 is 31.8 Å². The van der Waals surface area contributed by atoms with E-state index in [1.807, 2.05) is 11.9 Å². The molecule has 0 amide bonds. The number of ether oxygens (including phenoxy) is 2. The summed E-state index contributed by atoms with van der Waals surface area (Å²) in [4.78, 5) is 17.0. The molecule has 3 aromatic heterocycles. The monoisotopic (exact) mass is 611 g/mol. The van der Waals surface area contributed by atoms with Crippen LogP contribution in [0.25, 0.3) is 5.65 Å². The number of halogens is 4. The van der Waals surface area contributed by atoms with Gasteiger partial charge in [-0.2, -0.15) is 18.3 Å². The summed E-state index contributed by atoms with van der Waals surface area (Å²) in [6.45, 7) is 2.83. The van der Waals surface area contributed by atoms with E-state index < -0.39 is 17.7 Å². The molecular formula is C27H33F4N7O3S. The molecule has 42 heavy (non-hydrogen) atoms. The number of hydrogen-bond donors (Lipinski definition) is 2. The summed E-state index contributed by atoms with van der Waals surface area (Å²) >= 11 is -0.304. The molecule has 0 saturated carbocycles. The first-order chi connectivity index (χ1) is 20.2. The highest BCUT2D eigenvalue weighted by molar-refractivity contribution is 8.00. The van der Waals surface area contributed by atoms with Crippen LogP contribution in [0.5, 0.6) is 0 Å². The topological polar surface area (TPSA) is 112 Å². The molecule has 1 saturated heterocycles. The Morgan fingerprint density at radius 3 is 2.74 bits per heavy atom. The maximum atomic E-state index is 15.4. The number of nitrogens with zero attached hydrogens (tertiary/aromatic N) is 5. The fraction of sp³-hybridized carbons (Fsp3) is 0.519. The number of hydrogen-bond acceptors (Lipinski definition) is 9. The predicted octanol–water partition coefficient (Wildman–Crippen LogP) is 3.07. The molecule has 0 aliphatic carbocycles. The van der Waals surface area contributed by atoms with Crippen molar-refractivity contribution in [1.29, 1.82) is 0 Å². The van der Waals surface area contributed by atoms with Gasteiger partial charge in [0, 0.05) is 43.9 Å². The minimum atomic E-state index is -4.55. The zero-order valence-electron chi connectivity index (χ0n) is 23.0. The lowest BCUT2D eigenvalue weighted by atomic mass is 9.88. The number of piperidine rings is 1. The number of imidazole rings is 1. The smallest absolute Gasteiger partial charge is 0.379 e. The molecule has 0 radical (unpaired) electrons. The lowest BCUT2D eigenvalue weighted by Crippen LogP contribution is -2.53. The number of nitrogens with one attached hydrogen (secondary N) is 1. The summed E-state index contributed by atoms with van der Waals surface area (Å²) in [5, 5.41) is 7.11. The van der Waals surface area contributed by atoms with Crippen LogP contribution < -0.4 is 11.1 Å². The van der Waals surface area contributed by atoms with Crippen molar-refractivity contribution in [1.82, 2.24) is 24.1 Å². The summed E-state index contributed by atoms with van der Waals surface area (Å²) in [6, 6.07) is 2.65. The number of aldehydes is 1. The van der Waals surface area contributed by atoms with E-state index in [9.17, 15) is 18.0 Å². The number of anilines is 1. The number of alkyl halides is 4. The summed E-state index contributed by atoms with van der Waals surface area (Å²) < 4.78 is 69.6. The largest absolute Gasteiger partial charge is 0.447 e. The van der Waals surface area contributed by atoms with E-state index in [-0.39, 0.29) is 47.1 Å². The molecule has 4 rings (SSSR count). The van der Waals surface area contributed by atoms with E-state index in [1.54, 1.807) is 23.0 Å². The van der Waals surface area contributed by atoms with E-state index in [0.29, 0.717) is 57.2 Å². The van der Waals surface area contributed by atoms with Crippen molar-refractivity contribution in [3.8, 4) is 11.8 Å². The van der Waals surface area contributed by atoms with Gasteiger partial charge in [-0.05, 0) is 37.4 Å². The first kappa shape index (κ1) is 31.8. The third-order valence-electron chi connectivity index (χ3n) is 6.64. The quantitative estimate of drug-likeness (QED) is 0.0991. The predicted molar refractivity (Wildman–Crippen MR) is 150 cm³/mol. The van der Waals surface area contributed by atoms with Crippen molar-refractivity contribution in [3.05, 3.63) is 42.0 Å². The van der Waals surface area contributed by atoms with Crippen LogP contribution in [0.4, 0.5) is 23.2 Å². The summed E-state index contributed by atoms with van der Waals surface area (Å²) in [7, 11) is 1.85. The average molecular weight is 612 g/mol. The molecule has 0 aromatic carbocycles. The highest BCUT2D eigenvalue weighted by Gasteiger charge is 2.37. The van der Waals surface area contributed by atoms with Crippen molar-refractivity contribution >= 4 is 29.4 Å². The van der Waals surface area contributed by atoms with Crippen LogP contribution in [0.1, 0.15) is 22.5 Å². The van der Waals surface area contributed by atoms with E-state index in [0.717, 1.165) is 6.29 Å². The summed E-state index contributed by atoms with van der Waals surface area (Å²) in [5.74, 6) is 5.05. The van der Waals surface area contributed by atoms with Crippen LogP contribution in [-0.4, -0.2) is 101 Å². The van der Waals surface area contributed by atoms with Crippen molar-refractivity contribution in [2.75, 3.05) is 58.4 Å². The Bertz CT molecular complexity index is 1390. The number of carbonyl (C=O) groups is 1. The minimum absolute atomic E-state index is 0.0291. The zero-order chi connectivity index (χ0) is 30.1. The van der Waals surface area contributed by atoms with Gasteiger partial charge < -0.3 is 25.4 Å². The second kappa shape index (κ2) is 14.8. The Labute approximate surface area is 244 Å². The van der Waals surface area contributed by atoms with Gasteiger partial charge in [0.25, 0.3) is 0 Å². The van der Waals surface area contributed by atoms with E-state index in [1.165, 1.54) is 16.8 Å². The van der Waals surface area contributed by atoms with Crippen LogP contribution >= 0.6 is 11.8 Å². The maximum absolute atomic E-state index is 15.4. The molecule has 1 fully saturated rings. The van der Waals surface area contributed by atoms with Gasteiger partial charge in [0.1, 0.15) is 16.9 Å². The van der Waals surface area contributed by atoms with Gasteiger partial charge >= 0.3 is 5.51 Å². The highest BCUT2D eigenvalue weighted by Crippen LogP contribution is 2.40. The van der Waals surface area contributed by atoms with Crippen LogP contribution in [0.3, 0.4) is 0 Å². The molecule has 3 N–H and O–H groups in total. The molecule has 3 unspecified atom stereocenters. The van der Waals surface area contributed by atoms with Crippen molar-refractivity contribution in [2.24, 2.45) is 11.7 Å². The second-order valence-electron chi connectivity index (χ2n) is 9.77. The molecule has 4 heterocycles. The number of nitrogens with two attached hydrogens (primary N) is 1. The van der Waals surface area contributed by atoms with Gasteiger partial charge in [0.2, 0.25) is 0 Å². The number of thioether (sulfide) groups is 1. The molecule has 1 aliphatic heterocycles. The van der Waals surface area contributed by atoms with Crippen LogP contribution in [0.2, 0.25) is 0 Å². The fourth-order valence-corrected chi connectivity index (χ4v) is 5.47. The van der Waals surface area contributed by atoms with E-state index in [4.69, 9.17) is 15.2 Å². The number of carbonyl (C=O) groups excluding carboxylic acids is 1. The Balaban J connectivity index is 1.36. The molecular weight excluding hydrogens is 578 g/mol. The number of fused-ring (bicyclic) bond motifs is 1. The SMILES string of the molecule is CN1CC(F)C(Nc2cccn3c(SC(F)(F)F)c(C#CCN)nc23)C(CCOCCOCCn2cc(C=O)cn2)C1. The maximum Gasteiger partial charge on any atom is 0.447 e. The average Bonchev–Trinajstić information content (AvgIpc) is 3.54. The van der Waals surface area contributed by atoms with Crippen LogP contribution in [0, 0.1) is 17.8 Å². The number of aromatic nitrogens is 4. The lowest BCUT2D eigenvalue weighted by molar-refractivity contribution is -0.0330. The van der Waals surface area contributed by atoms with Gasteiger partial charge in [0.15, 0.2) is 11.9 Å². The Morgan fingerprint density at radius 1 is 1.24 bits per heavy atom. The van der Waals surface area contributed by atoms with Gasteiger partial charge in [-0.3, -0.25) is 13.9 Å². The fourth-order valence-electron chi connectivity index (χ4n) is 4.81.